The molecule has 2 nitrogen and oxygen atoms in total. The van der Waals surface area contributed by atoms with E-state index < -0.39 is 0 Å². The third-order valence-corrected chi connectivity index (χ3v) is 2.17. The Morgan fingerprint density at radius 2 is 1.67 bits per heavy atom. The number of unbranched alkanes of at least 4 members (excludes halogenated alkanes) is 5. The average molecular weight is 209 g/mol. The van der Waals surface area contributed by atoms with Gasteiger partial charge in [-0.1, -0.05) is 44.4 Å². The van der Waals surface area contributed by atoms with E-state index in [-0.39, 0.29) is 5.91 Å². The van der Waals surface area contributed by atoms with Gasteiger partial charge in [0.1, 0.15) is 0 Å². The van der Waals surface area contributed by atoms with Crippen molar-refractivity contribution in [2.75, 3.05) is 0 Å². The monoisotopic (exact) mass is 209 g/mol. The van der Waals surface area contributed by atoms with Crippen LogP contribution in [0.3, 0.4) is 0 Å². The number of amides is 1. The molecule has 0 aliphatic rings. The smallest absolute Gasteiger partial charge is 0.241 e. The number of hydrogen-bond donors (Lipinski definition) is 1. The molecule has 0 aromatic heterocycles. The molecule has 0 aromatic rings. The molecular weight excluding hydrogens is 186 g/mol. The number of carbonyl (C=O) groups is 1. The number of primary amides is 1. The first kappa shape index (κ1) is 13.9. The summed E-state index contributed by atoms with van der Waals surface area (Å²) in [4.78, 5) is 10.4. The topological polar surface area (TPSA) is 43.1 Å². The van der Waals surface area contributed by atoms with E-state index in [1.165, 1.54) is 38.2 Å². The van der Waals surface area contributed by atoms with E-state index in [9.17, 15) is 4.79 Å². The van der Waals surface area contributed by atoms with Crippen molar-refractivity contribution >= 4 is 5.91 Å². The van der Waals surface area contributed by atoms with Gasteiger partial charge in [0.25, 0.3) is 0 Å². The van der Waals surface area contributed by atoms with Crippen LogP contribution in [-0.4, -0.2) is 5.91 Å². The van der Waals surface area contributed by atoms with Gasteiger partial charge in [-0.3, -0.25) is 4.79 Å². The molecule has 0 saturated carbocycles. The van der Waals surface area contributed by atoms with Crippen molar-refractivity contribution in [2.45, 2.75) is 51.9 Å². The van der Waals surface area contributed by atoms with Gasteiger partial charge in [-0.15, -0.1) is 0 Å². The second kappa shape index (κ2) is 11.0. The van der Waals surface area contributed by atoms with E-state index in [2.05, 4.69) is 19.1 Å². The first-order chi connectivity index (χ1) is 7.27. The molecule has 0 rings (SSSR count). The molecule has 0 atom stereocenters. The Kier molecular flexibility index (Phi) is 10.3. The third kappa shape index (κ3) is 12.9. The summed E-state index contributed by atoms with van der Waals surface area (Å²) in [6.07, 6.45) is 16.0. The fourth-order valence-corrected chi connectivity index (χ4v) is 1.32. The molecule has 0 radical (unpaired) electrons. The van der Waals surface area contributed by atoms with Crippen molar-refractivity contribution < 1.29 is 4.79 Å². The quantitative estimate of drug-likeness (QED) is 0.353. The molecule has 86 valence electrons. The van der Waals surface area contributed by atoms with Crippen molar-refractivity contribution in [2.24, 2.45) is 5.73 Å². The van der Waals surface area contributed by atoms with E-state index in [0.29, 0.717) is 0 Å². The van der Waals surface area contributed by atoms with Crippen molar-refractivity contribution in [1.29, 1.82) is 0 Å². The van der Waals surface area contributed by atoms with E-state index in [1.807, 2.05) is 6.08 Å². The predicted octanol–water partition coefficient (Wildman–Crippen LogP) is 3.33. The maximum Gasteiger partial charge on any atom is 0.241 e. The van der Waals surface area contributed by atoms with Gasteiger partial charge in [-0.2, -0.15) is 0 Å². The Morgan fingerprint density at radius 3 is 2.33 bits per heavy atom. The van der Waals surface area contributed by atoms with Crippen LogP contribution in [0.5, 0.6) is 0 Å². The van der Waals surface area contributed by atoms with Gasteiger partial charge in [-0.05, 0) is 31.8 Å². The fourth-order valence-electron chi connectivity index (χ4n) is 1.32. The zero-order chi connectivity index (χ0) is 11.4. The number of hydrogen-bond acceptors (Lipinski definition) is 1. The summed E-state index contributed by atoms with van der Waals surface area (Å²) in [7, 11) is 0. The highest BCUT2D eigenvalue weighted by molar-refractivity contribution is 5.85. The Balaban J connectivity index is 3.21. The Morgan fingerprint density at radius 1 is 1.00 bits per heavy atom. The van der Waals surface area contributed by atoms with E-state index >= 15 is 0 Å². The van der Waals surface area contributed by atoms with E-state index in [0.717, 1.165) is 12.8 Å². The van der Waals surface area contributed by atoms with Crippen LogP contribution in [0.2, 0.25) is 0 Å². The highest BCUT2D eigenvalue weighted by Gasteiger charge is 1.84. The molecular formula is C13H23NO. The lowest BCUT2D eigenvalue weighted by atomic mass is 10.1. The Labute approximate surface area is 93.2 Å². The van der Waals surface area contributed by atoms with Gasteiger partial charge in [0.2, 0.25) is 5.91 Å². The van der Waals surface area contributed by atoms with Crippen molar-refractivity contribution in [1.82, 2.24) is 0 Å². The molecule has 2 heteroatoms. The molecule has 0 unspecified atom stereocenters. The van der Waals surface area contributed by atoms with Crippen LogP contribution in [0.4, 0.5) is 0 Å². The highest BCUT2D eigenvalue weighted by atomic mass is 16.1. The lowest BCUT2D eigenvalue weighted by Gasteiger charge is -1.93. The van der Waals surface area contributed by atoms with Crippen molar-refractivity contribution in [3.05, 3.63) is 24.3 Å². The minimum absolute atomic E-state index is 0.362. The minimum Gasteiger partial charge on any atom is -0.366 e. The number of rotatable bonds is 9. The fraction of sp³-hybridized carbons (Fsp3) is 0.615. The molecule has 0 aliphatic heterocycles. The zero-order valence-electron chi connectivity index (χ0n) is 9.74. The minimum atomic E-state index is -0.362. The molecule has 15 heavy (non-hydrogen) atoms. The van der Waals surface area contributed by atoms with Gasteiger partial charge in [0, 0.05) is 0 Å². The summed E-state index contributed by atoms with van der Waals surface area (Å²) in [5, 5.41) is 0. The summed E-state index contributed by atoms with van der Waals surface area (Å²) >= 11 is 0. The number of allylic oxidation sites excluding steroid dienone is 3. The second-order valence-electron chi connectivity index (χ2n) is 3.70. The molecule has 2 N–H and O–H groups in total. The van der Waals surface area contributed by atoms with E-state index in [1.54, 1.807) is 0 Å². The Bertz CT molecular complexity index is 207. The first-order valence-electron chi connectivity index (χ1n) is 5.88. The van der Waals surface area contributed by atoms with Gasteiger partial charge in [0.05, 0.1) is 0 Å². The largest absolute Gasteiger partial charge is 0.366 e. The summed E-state index contributed by atoms with van der Waals surface area (Å²) in [5.41, 5.74) is 4.96. The first-order valence-corrected chi connectivity index (χ1v) is 5.88. The average Bonchev–Trinajstić information content (AvgIpc) is 2.20. The molecule has 0 aromatic carbocycles. The van der Waals surface area contributed by atoms with Crippen LogP contribution in [0.25, 0.3) is 0 Å². The summed E-state index contributed by atoms with van der Waals surface area (Å²) in [6.45, 7) is 2.22. The standard InChI is InChI=1S/C13H23NO/c1-2-3-4-5-6-7-8-9-10-11-12-13(14)15/h7-8,11-12H,2-6,9-10H2,1H3,(H2,14,15). The lowest BCUT2D eigenvalue weighted by molar-refractivity contribution is -0.113. The van der Waals surface area contributed by atoms with Gasteiger partial charge in [0.15, 0.2) is 0 Å². The van der Waals surface area contributed by atoms with Crippen LogP contribution in [-0.2, 0) is 4.79 Å². The number of carbonyl (C=O) groups excluding carboxylic acids is 1. The maximum atomic E-state index is 10.4. The molecule has 0 heterocycles. The van der Waals surface area contributed by atoms with Crippen molar-refractivity contribution in [3.63, 3.8) is 0 Å². The van der Waals surface area contributed by atoms with Gasteiger partial charge >= 0.3 is 0 Å². The highest BCUT2D eigenvalue weighted by Crippen LogP contribution is 2.03. The molecule has 0 spiro atoms. The molecule has 0 fully saturated rings. The Hall–Kier alpha value is -1.05. The van der Waals surface area contributed by atoms with Gasteiger partial charge < -0.3 is 5.73 Å². The van der Waals surface area contributed by atoms with Crippen LogP contribution < -0.4 is 5.73 Å². The third-order valence-electron chi connectivity index (χ3n) is 2.17. The van der Waals surface area contributed by atoms with Crippen molar-refractivity contribution in [3.8, 4) is 0 Å². The van der Waals surface area contributed by atoms with Crippen LogP contribution in [0.1, 0.15) is 51.9 Å². The zero-order valence-corrected chi connectivity index (χ0v) is 9.74. The summed E-state index contributed by atoms with van der Waals surface area (Å²) in [5.74, 6) is -0.362. The maximum absolute atomic E-state index is 10.4. The predicted molar refractivity (Wildman–Crippen MR) is 65.5 cm³/mol. The normalized spacial score (nSPS) is 11.5. The summed E-state index contributed by atoms with van der Waals surface area (Å²) in [6, 6.07) is 0. The van der Waals surface area contributed by atoms with Crippen LogP contribution in [0.15, 0.2) is 24.3 Å². The SMILES string of the molecule is CCCCCCC=CCCC=CC(N)=O. The molecule has 1 amide bonds. The van der Waals surface area contributed by atoms with Crippen LogP contribution >= 0.6 is 0 Å². The second-order valence-corrected chi connectivity index (χ2v) is 3.70. The molecule has 0 bridgehead atoms. The molecule has 0 saturated heterocycles. The molecule has 0 aliphatic carbocycles. The van der Waals surface area contributed by atoms with E-state index in [4.69, 9.17) is 5.73 Å². The lowest BCUT2D eigenvalue weighted by Crippen LogP contribution is -2.05. The number of nitrogens with two attached hydrogens (primary N) is 1. The van der Waals surface area contributed by atoms with Gasteiger partial charge in [-0.25, -0.2) is 0 Å². The summed E-state index contributed by atoms with van der Waals surface area (Å²) < 4.78 is 0. The van der Waals surface area contributed by atoms with Crippen LogP contribution in [0, 0.1) is 0 Å².